The number of allylic oxidation sites excluding steroid dienone is 2. The van der Waals surface area contributed by atoms with Crippen LogP contribution in [-0.2, 0) is 9.59 Å². The number of imide groups is 1. The maximum Gasteiger partial charge on any atom is 0.269 e. The molecule has 1 heterocycles. The van der Waals surface area contributed by atoms with Gasteiger partial charge in [0.1, 0.15) is 6.67 Å². The third-order valence-corrected chi connectivity index (χ3v) is 8.47. The molecule has 2 aromatic rings. The third-order valence-electron chi connectivity index (χ3n) is 8.47. The number of likely N-dealkylation sites (tertiary alicyclic amines) is 1. The van der Waals surface area contributed by atoms with E-state index in [-0.39, 0.29) is 53.4 Å². The van der Waals surface area contributed by atoms with Crippen molar-refractivity contribution >= 4 is 29.1 Å². The van der Waals surface area contributed by atoms with Crippen molar-refractivity contribution in [1.29, 1.82) is 0 Å². The van der Waals surface area contributed by atoms with Gasteiger partial charge in [0.2, 0.25) is 11.8 Å². The lowest BCUT2D eigenvalue weighted by Gasteiger charge is -2.37. The van der Waals surface area contributed by atoms with Crippen LogP contribution in [0.2, 0.25) is 0 Å². The lowest BCUT2D eigenvalue weighted by molar-refractivity contribution is -0.384. The highest BCUT2D eigenvalue weighted by atomic mass is 16.6. The molecular formula is C27H25N3O5. The van der Waals surface area contributed by atoms with Gasteiger partial charge in [-0.3, -0.25) is 34.3 Å². The summed E-state index contributed by atoms with van der Waals surface area (Å²) in [5, 5.41) is 11.1. The van der Waals surface area contributed by atoms with Gasteiger partial charge in [-0.05, 0) is 73.3 Å². The second-order valence-electron chi connectivity index (χ2n) is 10.2. The molecule has 8 nitrogen and oxygen atoms in total. The van der Waals surface area contributed by atoms with E-state index in [1.807, 2.05) is 26.0 Å². The van der Waals surface area contributed by atoms with Crippen molar-refractivity contribution in [1.82, 2.24) is 4.90 Å². The molecule has 0 N–H and O–H groups in total. The van der Waals surface area contributed by atoms with Crippen LogP contribution < -0.4 is 4.90 Å². The Hall–Kier alpha value is -3.81. The molecule has 35 heavy (non-hydrogen) atoms. The molecule has 3 fully saturated rings. The maximum absolute atomic E-state index is 13.7. The number of hydrogen-bond donors (Lipinski definition) is 0. The maximum atomic E-state index is 13.7. The van der Waals surface area contributed by atoms with Crippen molar-refractivity contribution < 1.29 is 19.3 Å². The fourth-order valence-corrected chi connectivity index (χ4v) is 6.46. The number of nitro groups is 1. The van der Waals surface area contributed by atoms with Crippen LogP contribution in [0.15, 0.2) is 54.6 Å². The van der Waals surface area contributed by atoms with E-state index >= 15 is 0 Å². The number of nitrogens with zero attached hydrogens (tertiary/aromatic N) is 3. The zero-order chi connectivity index (χ0) is 24.6. The Bertz CT molecular complexity index is 1280. The Morgan fingerprint density at radius 1 is 1.00 bits per heavy atom. The van der Waals surface area contributed by atoms with E-state index in [1.165, 1.54) is 34.1 Å². The fraction of sp³-hybridized carbons (Fsp3) is 0.370. The first-order valence-electron chi connectivity index (χ1n) is 11.9. The van der Waals surface area contributed by atoms with Gasteiger partial charge in [0.15, 0.2) is 0 Å². The normalized spacial score (nSPS) is 29.7. The lowest BCUT2D eigenvalue weighted by atomic mass is 9.63. The number of rotatable bonds is 5. The number of carbonyl (C=O) groups excluding carboxylic acids is 3. The lowest BCUT2D eigenvalue weighted by Crippen LogP contribution is -2.45. The molecule has 178 valence electrons. The second kappa shape index (κ2) is 7.60. The molecule has 2 bridgehead atoms. The average molecular weight is 472 g/mol. The van der Waals surface area contributed by atoms with Crippen LogP contribution in [0.25, 0.3) is 0 Å². The highest BCUT2D eigenvalue weighted by Gasteiger charge is 2.67. The van der Waals surface area contributed by atoms with Gasteiger partial charge in [0.25, 0.3) is 11.6 Å². The molecule has 0 radical (unpaired) electrons. The summed E-state index contributed by atoms with van der Waals surface area (Å²) in [6.07, 6.45) is 5.33. The van der Waals surface area contributed by atoms with Crippen molar-refractivity contribution in [3.8, 4) is 0 Å². The molecule has 5 aliphatic rings. The van der Waals surface area contributed by atoms with E-state index in [2.05, 4.69) is 12.2 Å². The zero-order valence-corrected chi connectivity index (χ0v) is 19.5. The van der Waals surface area contributed by atoms with Crippen molar-refractivity contribution in [2.75, 3.05) is 11.6 Å². The molecule has 6 unspecified atom stereocenters. The van der Waals surface area contributed by atoms with Gasteiger partial charge >= 0.3 is 0 Å². The molecule has 2 saturated carbocycles. The van der Waals surface area contributed by atoms with Gasteiger partial charge in [-0.2, -0.15) is 0 Å². The largest absolute Gasteiger partial charge is 0.289 e. The first-order chi connectivity index (χ1) is 16.8. The van der Waals surface area contributed by atoms with Crippen LogP contribution in [-0.4, -0.2) is 34.2 Å². The minimum atomic E-state index is -0.521. The van der Waals surface area contributed by atoms with Gasteiger partial charge in [0, 0.05) is 23.4 Å². The van der Waals surface area contributed by atoms with Gasteiger partial charge in [0.05, 0.1) is 16.8 Å². The minimum Gasteiger partial charge on any atom is -0.289 e. The summed E-state index contributed by atoms with van der Waals surface area (Å²) in [5.74, 6) is -0.278. The topological polar surface area (TPSA) is 101 Å². The van der Waals surface area contributed by atoms with E-state index in [4.69, 9.17) is 0 Å². The van der Waals surface area contributed by atoms with Gasteiger partial charge in [-0.15, -0.1) is 0 Å². The monoisotopic (exact) mass is 471 g/mol. The Morgan fingerprint density at radius 2 is 1.60 bits per heavy atom. The number of anilines is 1. The first-order valence-corrected chi connectivity index (χ1v) is 11.9. The Balaban J connectivity index is 1.36. The molecule has 0 spiro atoms. The molecule has 1 aliphatic heterocycles. The van der Waals surface area contributed by atoms with Crippen molar-refractivity contribution in [3.63, 3.8) is 0 Å². The summed E-state index contributed by atoms with van der Waals surface area (Å²) in [4.78, 5) is 54.1. The van der Waals surface area contributed by atoms with E-state index < -0.39 is 10.8 Å². The molecule has 1 saturated heterocycles. The summed E-state index contributed by atoms with van der Waals surface area (Å²) < 4.78 is 0. The number of amides is 3. The molecule has 0 aromatic heterocycles. The molecule has 7 rings (SSSR count). The van der Waals surface area contributed by atoms with Crippen LogP contribution in [0.5, 0.6) is 0 Å². The second-order valence-corrected chi connectivity index (χ2v) is 10.2. The van der Waals surface area contributed by atoms with Crippen molar-refractivity contribution in [2.45, 2.75) is 20.3 Å². The van der Waals surface area contributed by atoms with Gasteiger partial charge in [-0.1, -0.05) is 24.3 Å². The summed E-state index contributed by atoms with van der Waals surface area (Å²) in [6, 6.07) is 10.9. The number of carbonyl (C=O) groups is 3. The van der Waals surface area contributed by atoms with Crippen LogP contribution in [0.4, 0.5) is 11.4 Å². The molecular weight excluding hydrogens is 446 g/mol. The highest BCUT2D eigenvalue weighted by Crippen LogP contribution is 2.65. The Morgan fingerprint density at radius 3 is 2.17 bits per heavy atom. The van der Waals surface area contributed by atoms with Crippen molar-refractivity contribution in [3.05, 3.63) is 81.4 Å². The number of non-ortho nitro benzene ring substituents is 1. The van der Waals surface area contributed by atoms with Crippen LogP contribution in [0, 0.1) is 59.5 Å². The SMILES string of the molecule is Cc1cccc(N(CN2C(=O)C3C4C=CC(C5CC45)C3C2=O)C(=O)c2ccc([N+](=O)[O-])cc2)c1C. The Labute approximate surface area is 202 Å². The quantitative estimate of drug-likeness (QED) is 0.285. The van der Waals surface area contributed by atoms with E-state index in [9.17, 15) is 24.5 Å². The van der Waals surface area contributed by atoms with Crippen molar-refractivity contribution in [2.24, 2.45) is 35.5 Å². The van der Waals surface area contributed by atoms with Crippen LogP contribution in [0.1, 0.15) is 27.9 Å². The summed E-state index contributed by atoms with van der Waals surface area (Å²) in [5.41, 5.74) is 2.57. The number of aryl methyl sites for hydroxylation is 1. The van der Waals surface area contributed by atoms with E-state index in [1.54, 1.807) is 6.07 Å². The van der Waals surface area contributed by atoms with Gasteiger partial charge < -0.3 is 0 Å². The first kappa shape index (κ1) is 21.7. The molecule has 8 heteroatoms. The van der Waals surface area contributed by atoms with E-state index in [0.29, 0.717) is 17.5 Å². The average Bonchev–Trinajstić information content (AvgIpc) is 3.64. The summed E-state index contributed by atoms with van der Waals surface area (Å²) in [7, 11) is 0. The van der Waals surface area contributed by atoms with Crippen LogP contribution in [0.3, 0.4) is 0 Å². The smallest absolute Gasteiger partial charge is 0.269 e. The Kier molecular flexibility index (Phi) is 4.71. The summed E-state index contributed by atoms with van der Waals surface area (Å²) >= 11 is 0. The standard InChI is InChI=1S/C27H25N3O5/c1-14-4-3-5-22(15(14)2)28(25(31)16-6-8-17(9-7-16)30(34)35)13-29-26(32)23-18-10-11-19(21-12-20(18)21)24(23)27(29)33/h3-11,18-21,23-24H,12-13H2,1-2H3. The third kappa shape index (κ3) is 3.16. The van der Waals surface area contributed by atoms with E-state index in [0.717, 1.165) is 17.5 Å². The number of nitro benzene ring substituents is 1. The molecule has 3 amide bonds. The minimum absolute atomic E-state index is 0.107. The molecule has 2 aromatic carbocycles. The predicted molar refractivity (Wildman–Crippen MR) is 127 cm³/mol. The highest BCUT2D eigenvalue weighted by molar-refractivity contribution is 6.10. The van der Waals surface area contributed by atoms with Gasteiger partial charge in [-0.25, -0.2) is 0 Å². The number of benzene rings is 2. The molecule has 4 aliphatic carbocycles. The molecule has 6 atom stereocenters. The fourth-order valence-electron chi connectivity index (χ4n) is 6.46. The zero-order valence-electron chi connectivity index (χ0n) is 19.5. The van der Waals surface area contributed by atoms with Crippen LogP contribution >= 0.6 is 0 Å². The number of hydrogen-bond acceptors (Lipinski definition) is 5. The summed E-state index contributed by atoms with van der Waals surface area (Å²) in [6.45, 7) is 3.65. The predicted octanol–water partition coefficient (Wildman–Crippen LogP) is 3.87.